The van der Waals surface area contributed by atoms with Gasteiger partial charge in [-0.25, -0.2) is 0 Å². The van der Waals surface area contributed by atoms with E-state index in [1.165, 1.54) is 0 Å². The van der Waals surface area contributed by atoms with Crippen molar-refractivity contribution in [1.82, 2.24) is 4.90 Å². The zero-order chi connectivity index (χ0) is 15.2. The first kappa shape index (κ1) is 15.1. The first-order chi connectivity index (χ1) is 10.2. The molecule has 0 aliphatic carbocycles. The Morgan fingerprint density at radius 2 is 1.71 bits per heavy atom. The van der Waals surface area contributed by atoms with E-state index >= 15 is 0 Å². The fraction of sp³-hybridized carbons (Fsp3) is 0.235. The second-order valence-corrected chi connectivity index (χ2v) is 5.04. The lowest BCUT2D eigenvalue weighted by molar-refractivity contribution is -0.107. The molecule has 2 aromatic carbocycles. The van der Waals surface area contributed by atoms with Crippen LogP contribution in [0.5, 0.6) is 5.75 Å². The molecule has 0 aliphatic heterocycles. The summed E-state index contributed by atoms with van der Waals surface area (Å²) in [5.74, 6) is 0.816. The molecule has 0 saturated carbocycles. The van der Waals surface area contributed by atoms with Crippen LogP contribution in [0.4, 0.5) is 5.69 Å². The molecule has 110 valence electrons. The lowest BCUT2D eigenvalue weighted by Crippen LogP contribution is -2.32. The molecule has 0 unspecified atom stereocenters. The van der Waals surface area contributed by atoms with E-state index in [-0.39, 0.29) is 0 Å². The van der Waals surface area contributed by atoms with E-state index in [4.69, 9.17) is 4.74 Å². The van der Waals surface area contributed by atoms with Crippen molar-refractivity contribution in [2.75, 3.05) is 32.8 Å². The minimum Gasteiger partial charge on any atom is -0.497 e. The van der Waals surface area contributed by atoms with Crippen molar-refractivity contribution in [3.05, 3.63) is 48.5 Å². The Morgan fingerprint density at radius 3 is 2.29 bits per heavy atom. The van der Waals surface area contributed by atoms with Gasteiger partial charge in [-0.2, -0.15) is 0 Å². The molecule has 0 radical (unpaired) electrons. The molecule has 4 nitrogen and oxygen atoms in total. The number of nitrogens with zero attached hydrogens (tertiary/aromatic N) is 2. The molecule has 2 aromatic rings. The maximum absolute atomic E-state index is 11.4. The molecule has 0 spiro atoms. The van der Waals surface area contributed by atoms with Crippen LogP contribution in [0.25, 0.3) is 11.1 Å². The van der Waals surface area contributed by atoms with Crippen LogP contribution in [-0.2, 0) is 4.79 Å². The molecule has 0 aliphatic rings. The number of hydrogen-bond acceptors (Lipinski definition) is 3. The number of methoxy groups -OCH3 is 1. The smallest absolute Gasteiger partial charge is 0.215 e. The Morgan fingerprint density at radius 1 is 1.05 bits per heavy atom. The minimum atomic E-state index is 0.538. The number of benzene rings is 2. The van der Waals surface area contributed by atoms with Gasteiger partial charge in [0, 0.05) is 5.56 Å². The van der Waals surface area contributed by atoms with Crippen LogP contribution in [0.2, 0.25) is 0 Å². The molecular formula is C17H20N2O2. The van der Waals surface area contributed by atoms with Crippen LogP contribution in [0.1, 0.15) is 0 Å². The van der Waals surface area contributed by atoms with Gasteiger partial charge in [-0.05, 0) is 37.9 Å². The maximum Gasteiger partial charge on any atom is 0.215 e. The third kappa shape index (κ3) is 3.61. The van der Waals surface area contributed by atoms with Crippen molar-refractivity contribution in [2.45, 2.75) is 0 Å². The fourth-order valence-corrected chi connectivity index (χ4v) is 2.21. The van der Waals surface area contributed by atoms with Crippen LogP contribution >= 0.6 is 0 Å². The van der Waals surface area contributed by atoms with Crippen molar-refractivity contribution < 1.29 is 9.53 Å². The van der Waals surface area contributed by atoms with Crippen molar-refractivity contribution in [3.8, 4) is 16.9 Å². The van der Waals surface area contributed by atoms with Gasteiger partial charge in [0.25, 0.3) is 0 Å². The van der Waals surface area contributed by atoms with Crippen LogP contribution in [0.3, 0.4) is 0 Å². The number of rotatable bonds is 6. The van der Waals surface area contributed by atoms with E-state index in [9.17, 15) is 4.79 Å². The number of carbonyl (C=O) groups is 1. The Kier molecular flexibility index (Phi) is 4.95. The lowest BCUT2D eigenvalue weighted by Gasteiger charge is -2.24. The van der Waals surface area contributed by atoms with Gasteiger partial charge < -0.3 is 9.64 Å². The second-order valence-electron chi connectivity index (χ2n) is 5.04. The molecular weight excluding hydrogens is 264 g/mol. The molecule has 0 atom stereocenters. The molecule has 1 amide bonds. The molecule has 4 heteroatoms. The van der Waals surface area contributed by atoms with E-state index in [1.54, 1.807) is 12.0 Å². The van der Waals surface area contributed by atoms with Gasteiger partial charge in [0.1, 0.15) is 5.75 Å². The first-order valence-corrected chi connectivity index (χ1v) is 6.76. The highest BCUT2D eigenvalue weighted by atomic mass is 16.5. The SMILES string of the molecule is COc1ccc(-c2ccccc2N(C=O)CN(C)C)cc1. The molecule has 0 bridgehead atoms. The summed E-state index contributed by atoms with van der Waals surface area (Å²) in [5.41, 5.74) is 2.97. The van der Waals surface area contributed by atoms with Crippen LogP contribution in [0.15, 0.2) is 48.5 Å². The van der Waals surface area contributed by atoms with Crippen molar-refractivity contribution >= 4 is 12.1 Å². The summed E-state index contributed by atoms with van der Waals surface area (Å²) in [6.07, 6.45) is 0.863. The van der Waals surface area contributed by atoms with Crippen molar-refractivity contribution in [1.29, 1.82) is 0 Å². The fourth-order valence-electron chi connectivity index (χ4n) is 2.21. The van der Waals surface area contributed by atoms with Gasteiger partial charge in [-0.3, -0.25) is 9.69 Å². The summed E-state index contributed by atoms with van der Waals surface area (Å²) in [6, 6.07) is 15.7. The highest BCUT2D eigenvalue weighted by Crippen LogP contribution is 2.31. The van der Waals surface area contributed by atoms with E-state index < -0.39 is 0 Å². The molecule has 0 saturated heterocycles. The van der Waals surface area contributed by atoms with Crippen LogP contribution in [0, 0.1) is 0 Å². The lowest BCUT2D eigenvalue weighted by atomic mass is 10.0. The quantitative estimate of drug-likeness (QED) is 0.604. The molecule has 0 N–H and O–H groups in total. The predicted molar refractivity (Wildman–Crippen MR) is 85.5 cm³/mol. The highest BCUT2D eigenvalue weighted by molar-refractivity contribution is 5.87. The minimum absolute atomic E-state index is 0.538. The normalized spacial score (nSPS) is 10.5. The second kappa shape index (κ2) is 6.90. The summed E-state index contributed by atoms with van der Waals surface area (Å²) >= 11 is 0. The Labute approximate surface area is 125 Å². The summed E-state index contributed by atoms with van der Waals surface area (Å²) in [6.45, 7) is 0.538. The molecule has 2 rings (SSSR count). The van der Waals surface area contributed by atoms with E-state index in [1.807, 2.05) is 67.5 Å². The Bertz CT molecular complexity index is 594. The van der Waals surface area contributed by atoms with Gasteiger partial charge in [0.05, 0.1) is 19.5 Å². The Balaban J connectivity index is 2.41. The van der Waals surface area contributed by atoms with Crippen molar-refractivity contribution in [3.63, 3.8) is 0 Å². The third-order valence-corrected chi connectivity index (χ3v) is 3.18. The number of carbonyl (C=O) groups excluding carboxylic acids is 1. The summed E-state index contributed by atoms with van der Waals surface area (Å²) < 4.78 is 5.18. The number of anilines is 1. The standard InChI is InChI=1S/C17H20N2O2/c1-18(2)12-19(13-20)17-7-5-4-6-16(17)14-8-10-15(21-3)11-9-14/h4-11,13H,12H2,1-3H3. The number of ether oxygens (including phenoxy) is 1. The summed E-state index contributed by atoms with van der Waals surface area (Å²) in [4.78, 5) is 15.1. The summed E-state index contributed by atoms with van der Waals surface area (Å²) in [7, 11) is 5.52. The van der Waals surface area contributed by atoms with E-state index in [0.29, 0.717) is 6.67 Å². The van der Waals surface area contributed by atoms with Gasteiger partial charge in [-0.1, -0.05) is 30.3 Å². The molecule has 0 fully saturated rings. The zero-order valence-electron chi connectivity index (χ0n) is 12.6. The van der Waals surface area contributed by atoms with Crippen LogP contribution < -0.4 is 9.64 Å². The monoisotopic (exact) mass is 284 g/mol. The predicted octanol–water partition coefficient (Wildman–Crippen LogP) is 2.84. The number of hydrogen-bond donors (Lipinski definition) is 0. The zero-order valence-corrected chi connectivity index (χ0v) is 12.6. The van der Waals surface area contributed by atoms with Gasteiger partial charge >= 0.3 is 0 Å². The maximum atomic E-state index is 11.4. The van der Waals surface area contributed by atoms with E-state index in [2.05, 4.69) is 0 Å². The van der Waals surface area contributed by atoms with Gasteiger partial charge in [0.2, 0.25) is 6.41 Å². The number of para-hydroxylation sites is 1. The topological polar surface area (TPSA) is 32.8 Å². The summed E-state index contributed by atoms with van der Waals surface area (Å²) in [5, 5.41) is 0. The molecule has 21 heavy (non-hydrogen) atoms. The van der Waals surface area contributed by atoms with Gasteiger partial charge in [-0.15, -0.1) is 0 Å². The third-order valence-electron chi connectivity index (χ3n) is 3.18. The molecule has 0 aromatic heterocycles. The first-order valence-electron chi connectivity index (χ1n) is 6.76. The largest absolute Gasteiger partial charge is 0.497 e. The van der Waals surface area contributed by atoms with Crippen molar-refractivity contribution in [2.24, 2.45) is 0 Å². The van der Waals surface area contributed by atoms with Gasteiger partial charge in [0.15, 0.2) is 0 Å². The Hall–Kier alpha value is -2.33. The van der Waals surface area contributed by atoms with Crippen LogP contribution in [-0.4, -0.2) is 39.2 Å². The number of amides is 1. The molecule has 0 heterocycles. The average molecular weight is 284 g/mol. The highest BCUT2D eigenvalue weighted by Gasteiger charge is 2.12. The van der Waals surface area contributed by atoms with E-state index in [0.717, 1.165) is 29.0 Å². The average Bonchev–Trinajstić information content (AvgIpc) is 2.52.